The van der Waals surface area contributed by atoms with E-state index in [-0.39, 0.29) is 24.0 Å². The van der Waals surface area contributed by atoms with Crippen LogP contribution in [0.25, 0.3) is 0 Å². The molecular formula is C18H20N4O3S. The number of carbonyl (C=O) groups excluding carboxylic acids is 1. The average molecular weight is 372 g/mol. The van der Waals surface area contributed by atoms with E-state index >= 15 is 0 Å². The number of hydrogen-bond acceptors (Lipinski definition) is 5. The number of amides is 1. The van der Waals surface area contributed by atoms with E-state index in [2.05, 4.69) is 11.2 Å². The first-order chi connectivity index (χ1) is 12.3. The molecule has 26 heavy (non-hydrogen) atoms. The van der Waals surface area contributed by atoms with E-state index in [1.54, 1.807) is 47.1 Å². The van der Waals surface area contributed by atoms with E-state index < -0.39 is 15.9 Å². The number of nitrogens with zero attached hydrogens (tertiary/aromatic N) is 4. The molecule has 0 bridgehead atoms. The van der Waals surface area contributed by atoms with Crippen LogP contribution in [-0.4, -0.2) is 47.1 Å². The quantitative estimate of drug-likeness (QED) is 0.817. The van der Waals surface area contributed by atoms with Gasteiger partial charge in [-0.05, 0) is 37.6 Å². The number of nitriles is 1. The van der Waals surface area contributed by atoms with Gasteiger partial charge in [-0.15, -0.1) is 0 Å². The maximum atomic E-state index is 13.1. The summed E-state index contributed by atoms with van der Waals surface area (Å²) in [6.45, 7) is 4.53. The van der Waals surface area contributed by atoms with Gasteiger partial charge in [0.1, 0.15) is 0 Å². The van der Waals surface area contributed by atoms with Crippen molar-refractivity contribution < 1.29 is 13.2 Å². The second kappa shape index (κ2) is 6.92. The number of aryl methyl sites for hydroxylation is 2. The van der Waals surface area contributed by atoms with Gasteiger partial charge in [0.05, 0.1) is 35.4 Å². The van der Waals surface area contributed by atoms with Crippen molar-refractivity contribution in [2.24, 2.45) is 0 Å². The summed E-state index contributed by atoms with van der Waals surface area (Å²) in [7, 11) is -3.22. The van der Waals surface area contributed by atoms with E-state index in [4.69, 9.17) is 5.26 Å². The minimum absolute atomic E-state index is 0.0491. The van der Waals surface area contributed by atoms with Crippen LogP contribution in [0.15, 0.2) is 30.6 Å². The third-order valence-corrected chi connectivity index (χ3v) is 6.27. The molecule has 0 N–H and O–H groups in total. The molecule has 1 aliphatic rings. The Morgan fingerprint density at radius 2 is 2.19 bits per heavy atom. The molecule has 2 aromatic rings. The predicted molar refractivity (Wildman–Crippen MR) is 96.2 cm³/mol. The summed E-state index contributed by atoms with van der Waals surface area (Å²) in [4.78, 5) is 14.7. The number of sulfone groups is 1. The Morgan fingerprint density at radius 3 is 2.81 bits per heavy atom. The third-order valence-electron chi connectivity index (χ3n) is 4.64. The maximum Gasteiger partial charge on any atom is 0.254 e. The van der Waals surface area contributed by atoms with Crippen LogP contribution in [0.4, 0.5) is 0 Å². The molecule has 7 nitrogen and oxygen atoms in total. The van der Waals surface area contributed by atoms with E-state index in [9.17, 15) is 13.2 Å². The number of benzene rings is 1. The Balaban J connectivity index is 1.98. The van der Waals surface area contributed by atoms with Crippen molar-refractivity contribution in [2.45, 2.75) is 26.4 Å². The SMILES string of the molecule is CCn1cc(C2CS(=O)(=O)CCN2C(=O)c2ccc(C#N)cc2C)cn1. The smallest absolute Gasteiger partial charge is 0.254 e. The number of aromatic nitrogens is 2. The monoisotopic (exact) mass is 372 g/mol. The van der Waals surface area contributed by atoms with Crippen LogP contribution in [0.5, 0.6) is 0 Å². The summed E-state index contributed by atoms with van der Waals surface area (Å²) in [6, 6.07) is 6.39. The Hall–Kier alpha value is -2.66. The molecule has 1 atom stereocenters. The Labute approximate surface area is 152 Å². The fourth-order valence-electron chi connectivity index (χ4n) is 3.18. The predicted octanol–water partition coefficient (Wildman–Crippen LogP) is 1.69. The van der Waals surface area contributed by atoms with Crippen LogP contribution in [0.2, 0.25) is 0 Å². The third kappa shape index (κ3) is 3.48. The Morgan fingerprint density at radius 1 is 1.42 bits per heavy atom. The zero-order valence-electron chi connectivity index (χ0n) is 14.7. The Bertz CT molecular complexity index is 988. The summed E-state index contributed by atoms with van der Waals surface area (Å²) in [5.41, 5.74) is 2.39. The lowest BCUT2D eigenvalue weighted by molar-refractivity contribution is 0.0697. The summed E-state index contributed by atoms with van der Waals surface area (Å²) >= 11 is 0. The van der Waals surface area contributed by atoms with Gasteiger partial charge in [0.15, 0.2) is 9.84 Å². The fourth-order valence-corrected chi connectivity index (χ4v) is 4.67. The summed E-state index contributed by atoms with van der Waals surface area (Å²) in [5.74, 6) is -0.383. The van der Waals surface area contributed by atoms with Crippen LogP contribution in [0.1, 0.15) is 40.0 Å². The largest absolute Gasteiger partial charge is 0.329 e. The van der Waals surface area contributed by atoms with Gasteiger partial charge >= 0.3 is 0 Å². The highest BCUT2D eigenvalue weighted by atomic mass is 32.2. The summed E-state index contributed by atoms with van der Waals surface area (Å²) < 4.78 is 26.0. The minimum atomic E-state index is -3.22. The minimum Gasteiger partial charge on any atom is -0.329 e. The number of carbonyl (C=O) groups is 1. The van der Waals surface area contributed by atoms with Crippen molar-refractivity contribution in [1.29, 1.82) is 5.26 Å². The summed E-state index contributed by atoms with van der Waals surface area (Å²) in [6.07, 6.45) is 3.42. The van der Waals surface area contributed by atoms with Gasteiger partial charge < -0.3 is 4.90 Å². The molecule has 1 unspecified atom stereocenters. The van der Waals surface area contributed by atoms with Crippen LogP contribution >= 0.6 is 0 Å². The summed E-state index contributed by atoms with van der Waals surface area (Å²) in [5, 5.41) is 13.2. The first-order valence-electron chi connectivity index (χ1n) is 8.39. The van der Waals surface area contributed by atoms with E-state index in [0.717, 1.165) is 5.56 Å². The molecule has 1 saturated heterocycles. The average Bonchev–Trinajstić information content (AvgIpc) is 3.09. The van der Waals surface area contributed by atoms with Gasteiger partial charge in [0.2, 0.25) is 0 Å². The van der Waals surface area contributed by atoms with E-state index in [1.165, 1.54) is 0 Å². The molecule has 1 fully saturated rings. The van der Waals surface area contributed by atoms with Crippen molar-refractivity contribution in [3.8, 4) is 6.07 Å². The highest BCUT2D eigenvalue weighted by molar-refractivity contribution is 7.91. The number of rotatable bonds is 3. The van der Waals surface area contributed by atoms with E-state index in [0.29, 0.717) is 23.2 Å². The normalized spacial score (nSPS) is 19.1. The zero-order valence-corrected chi connectivity index (χ0v) is 15.5. The molecule has 0 saturated carbocycles. The zero-order chi connectivity index (χ0) is 18.9. The molecule has 1 aromatic carbocycles. The van der Waals surface area contributed by atoms with Crippen molar-refractivity contribution in [2.75, 3.05) is 18.1 Å². The molecule has 1 aliphatic heterocycles. The number of hydrogen-bond donors (Lipinski definition) is 0. The first-order valence-corrected chi connectivity index (χ1v) is 10.2. The van der Waals surface area contributed by atoms with Crippen LogP contribution in [-0.2, 0) is 16.4 Å². The Kier molecular flexibility index (Phi) is 4.83. The molecule has 0 radical (unpaired) electrons. The molecule has 0 spiro atoms. The highest BCUT2D eigenvalue weighted by Gasteiger charge is 2.36. The van der Waals surface area contributed by atoms with Crippen molar-refractivity contribution in [3.63, 3.8) is 0 Å². The van der Waals surface area contributed by atoms with Crippen molar-refractivity contribution in [1.82, 2.24) is 14.7 Å². The molecular weight excluding hydrogens is 352 g/mol. The van der Waals surface area contributed by atoms with Gasteiger partial charge in [0.25, 0.3) is 5.91 Å². The molecule has 1 amide bonds. The first kappa shape index (κ1) is 18.1. The lowest BCUT2D eigenvalue weighted by Gasteiger charge is -2.35. The van der Waals surface area contributed by atoms with Gasteiger partial charge in [0, 0.05) is 30.4 Å². The lowest BCUT2D eigenvalue weighted by atomic mass is 10.0. The molecule has 3 rings (SSSR count). The van der Waals surface area contributed by atoms with Crippen molar-refractivity contribution in [3.05, 3.63) is 52.8 Å². The van der Waals surface area contributed by atoms with Crippen LogP contribution in [0, 0.1) is 18.3 Å². The van der Waals surface area contributed by atoms with E-state index in [1.807, 2.05) is 6.92 Å². The molecule has 0 aliphatic carbocycles. The van der Waals surface area contributed by atoms with Crippen molar-refractivity contribution >= 4 is 15.7 Å². The standard InChI is InChI=1S/C18H20N4O3S/c1-3-21-11-15(10-20-21)17-12-26(24,25)7-6-22(17)18(23)16-5-4-14(9-19)8-13(16)2/h4-5,8,10-11,17H,3,6-7,12H2,1-2H3. The fraction of sp³-hybridized carbons (Fsp3) is 0.389. The van der Waals surface area contributed by atoms with Crippen LogP contribution in [0.3, 0.4) is 0 Å². The molecule has 136 valence electrons. The molecule has 2 heterocycles. The topological polar surface area (TPSA) is 96.1 Å². The second-order valence-corrected chi connectivity index (χ2v) is 8.63. The molecule has 8 heteroatoms. The maximum absolute atomic E-state index is 13.1. The molecule has 1 aromatic heterocycles. The van der Waals surface area contributed by atoms with Gasteiger partial charge in [-0.3, -0.25) is 9.48 Å². The van der Waals surface area contributed by atoms with Gasteiger partial charge in [-0.2, -0.15) is 10.4 Å². The van der Waals surface area contributed by atoms with Gasteiger partial charge in [-0.25, -0.2) is 8.42 Å². The lowest BCUT2D eigenvalue weighted by Crippen LogP contribution is -2.46. The van der Waals surface area contributed by atoms with Gasteiger partial charge in [-0.1, -0.05) is 0 Å². The second-order valence-electron chi connectivity index (χ2n) is 6.40. The van der Waals surface area contributed by atoms with Crippen LogP contribution < -0.4 is 0 Å². The highest BCUT2D eigenvalue weighted by Crippen LogP contribution is 2.29.